The van der Waals surface area contributed by atoms with Crippen LogP contribution >= 0.6 is 0 Å². The van der Waals surface area contributed by atoms with Crippen molar-refractivity contribution in [3.8, 4) is 11.5 Å². The predicted octanol–water partition coefficient (Wildman–Crippen LogP) is 2.87. The number of rotatable bonds is 2. The fourth-order valence-corrected chi connectivity index (χ4v) is 2.92. The van der Waals surface area contributed by atoms with Crippen LogP contribution in [0.4, 0.5) is 0 Å². The minimum Gasteiger partial charge on any atom is -0.490 e. The number of hydrogen-bond acceptors (Lipinski definition) is 4. The summed E-state index contributed by atoms with van der Waals surface area (Å²) in [6, 6.07) is 3.95. The lowest BCUT2D eigenvalue weighted by Crippen LogP contribution is -2.32. The Hall–Kier alpha value is -1.80. The molecular weight excluding hydrogens is 242 g/mol. The Morgan fingerprint density at radius 2 is 2.00 bits per heavy atom. The van der Waals surface area contributed by atoms with E-state index in [1.165, 1.54) is 0 Å². The molecule has 0 spiro atoms. The normalized spacial score (nSPS) is 19.8. The first-order valence-electron chi connectivity index (χ1n) is 6.75. The van der Waals surface area contributed by atoms with Gasteiger partial charge in [-0.3, -0.25) is 0 Å². The number of nitrogens with zero attached hydrogens (tertiary/aromatic N) is 1. The minimum absolute atomic E-state index is 0.378. The number of aliphatic imine (C=N–C) groups is 1. The zero-order chi connectivity index (χ0) is 13.3. The second kappa shape index (κ2) is 4.71. The van der Waals surface area contributed by atoms with Crippen LogP contribution in [0.1, 0.15) is 36.8 Å². The molecule has 0 aromatic heterocycles. The van der Waals surface area contributed by atoms with E-state index in [1.54, 1.807) is 6.08 Å². The maximum Gasteiger partial charge on any atom is 0.235 e. The first-order valence-corrected chi connectivity index (χ1v) is 6.75. The highest BCUT2D eigenvalue weighted by atomic mass is 16.5. The van der Waals surface area contributed by atoms with Gasteiger partial charge in [0.1, 0.15) is 0 Å². The van der Waals surface area contributed by atoms with E-state index in [0.717, 1.165) is 48.3 Å². The summed E-state index contributed by atoms with van der Waals surface area (Å²) in [5, 5.41) is 0. The van der Waals surface area contributed by atoms with E-state index in [-0.39, 0.29) is 5.54 Å². The van der Waals surface area contributed by atoms with E-state index < -0.39 is 0 Å². The van der Waals surface area contributed by atoms with Crippen LogP contribution < -0.4 is 9.47 Å². The van der Waals surface area contributed by atoms with Crippen molar-refractivity contribution < 1.29 is 14.3 Å². The van der Waals surface area contributed by atoms with E-state index in [2.05, 4.69) is 4.99 Å². The Morgan fingerprint density at radius 1 is 1.21 bits per heavy atom. The third-order valence-electron chi connectivity index (χ3n) is 4.10. The van der Waals surface area contributed by atoms with Gasteiger partial charge in [-0.05, 0) is 37.8 Å². The van der Waals surface area contributed by atoms with Gasteiger partial charge in [0.2, 0.25) is 6.08 Å². The van der Waals surface area contributed by atoms with Gasteiger partial charge in [-0.15, -0.1) is 0 Å². The van der Waals surface area contributed by atoms with Crippen molar-refractivity contribution in [3.63, 3.8) is 0 Å². The Morgan fingerprint density at radius 3 is 2.68 bits per heavy atom. The molecule has 4 heteroatoms. The van der Waals surface area contributed by atoms with Crippen molar-refractivity contribution in [2.45, 2.75) is 38.1 Å². The zero-order valence-electron chi connectivity index (χ0n) is 11.1. The van der Waals surface area contributed by atoms with E-state index in [0.29, 0.717) is 13.2 Å². The number of hydrogen-bond donors (Lipinski definition) is 0. The first kappa shape index (κ1) is 12.2. The van der Waals surface area contributed by atoms with Gasteiger partial charge in [0, 0.05) is 12.0 Å². The van der Waals surface area contributed by atoms with Crippen LogP contribution in [0.15, 0.2) is 17.1 Å². The first-order chi connectivity index (χ1) is 9.27. The molecular formula is C15H17NO3. The van der Waals surface area contributed by atoms with Crippen LogP contribution in [0, 0.1) is 6.92 Å². The molecule has 0 bridgehead atoms. The molecule has 19 heavy (non-hydrogen) atoms. The molecule has 0 N–H and O–H groups in total. The third-order valence-corrected chi connectivity index (χ3v) is 4.10. The average molecular weight is 259 g/mol. The fourth-order valence-electron chi connectivity index (χ4n) is 2.92. The fraction of sp³-hybridized carbons (Fsp3) is 0.533. The van der Waals surface area contributed by atoms with E-state index in [9.17, 15) is 4.79 Å². The molecule has 4 nitrogen and oxygen atoms in total. The molecule has 0 amide bonds. The number of carbonyl (C=O) groups excluding carboxylic acids is 1. The molecule has 1 aliphatic heterocycles. The molecule has 0 radical (unpaired) electrons. The smallest absolute Gasteiger partial charge is 0.235 e. The Labute approximate surface area is 112 Å². The van der Waals surface area contributed by atoms with Crippen molar-refractivity contribution in [2.75, 3.05) is 13.2 Å². The van der Waals surface area contributed by atoms with E-state index in [1.807, 2.05) is 19.1 Å². The highest BCUT2D eigenvalue weighted by Crippen LogP contribution is 2.49. The largest absolute Gasteiger partial charge is 0.490 e. The maximum absolute atomic E-state index is 10.7. The summed E-state index contributed by atoms with van der Waals surface area (Å²) in [5.74, 6) is 1.60. The van der Waals surface area contributed by atoms with Gasteiger partial charge >= 0.3 is 0 Å². The Kier molecular flexibility index (Phi) is 3.03. The molecule has 3 rings (SSSR count). The van der Waals surface area contributed by atoms with Crippen LogP contribution in [-0.2, 0) is 10.3 Å². The summed E-state index contributed by atoms with van der Waals surface area (Å²) in [4.78, 5) is 14.8. The minimum atomic E-state index is -0.378. The molecule has 1 aromatic rings. The van der Waals surface area contributed by atoms with Gasteiger partial charge in [0.05, 0.1) is 18.8 Å². The summed E-state index contributed by atoms with van der Waals surface area (Å²) in [6.07, 6.45) is 5.53. The van der Waals surface area contributed by atoms with Crippen LogP contribution in [0.3, 0.4) is 0 Å². The summed E-state index contributed by atoms with van der Waals surface area (Å²) >= 11 is 0. The third kappa shape index (κ3) is 1.92. The van der Waals surface area contributed by atoms with Gasteiger partial charge in [-0.2, -0.15) is 4.99 Å². The lowest BCUT2D eigenvalue weighted by molar-refractivity contribution is 0.252. The average Bonchev–Trinajstić information content (AvgIpc) is 2.61. The molecule has 1 heterocycles. The van der Waals surface area contributed by atoms with Crippen LogP contribution in [0.5, 0.6) is 11.5 Å². The maximum atomic E-state index is 10.7. The SMILES string of the molecule is Cc1c(C2(N=C=O)CCC2)ccc2c1OCCCO2. The number of isocyanates is 1. The van der Waals surface area contributed by atoms with Crippen LogP contribution in [0.2, 0.25) is 0 Å². The second-order valence-electron chi connectivity index (χ2n) is 5.20. The summed E-state index contributed by atoms with van der Waals surface area (Å²) in [6.45, 7) is 3.37. The molecule has 0 atom stereocenters. The van der Waals surface area contributed by atoms with Gasteiger partial charge in [-0.25, -0.2) is 4.79 Å². The number of ether oxygens (including phenoxy) is 2. The molecule has 100 valence electrons. The van der Waals surface area contributed by atoms with Gasteiger partial charge in [0.25, 0.3) is 0 Å². The van der Waals surface area contributed by atoms with Gasteiger partial charge < -0.3 is 9.47 Å². The van der Waals surface area contributed by atoms with E-state index in [4.69, 9.17) is 9.47 Å². The zero-order valence-corrected chi connectivity index (χ0v) is 11.1. The Balaban J connectivity index is 2.08. The molecule has 2 aliphatic rings. The monoisotopic (exact) mass is 259 g/mol. The molecule has 0 saturated heterocycles. The summed E-state index contributed by atoms with van der Waals surface area (Å²) < 4.78 is 11.5. The van der Waals surface area contributed by atoms with E-state index >= 15 is 0 Å². The summed E-state index contributed by atoms with van der Waals surface area (Å²) in [7, 11) is 0. The molecule has 1 aliphatic carbocycles. The predicted molar refractivity (Wildman–Crippen MR) is 70.4 cm³/mol. The van der Waals surface area contributed by atoms with Crippen molar-refractivity contribution in [1.29, 1.82) is 0 Å². The highest BCUT2D eigenvalue weighted by Gasteiger charge is 2.41. The van der Waals surface area contributed by atoms with Crippen molar-refractivity contribution >= 4 is 6.08 Å². The Bertz CT molecular complexity index is 543. The lowest BCUT2D eigenvalue weighted by atomic mass is 9.71. The molecule has 1 fully saturated rings. The standard InChI is InChI=1S/C15H17NO3/c1-11-12(15(16-10-17)6-2-7-15)4-5-13-14(11)19-9-3-8-18-13/h4-5H,2-3,6-9H2,1H3. The number of fused-ring (bicyclic) bond motifs is 1. The van der Waals surface area contributed by atoms with Crippen molar-refractivity contribution in [2.24, 2.45) is 4.99 Å². The van der Waals surface area contributed by atoms with Gasteiger partial charge in [-0.1, -0.05) is 6.07 Å². The highest BCUT2D eigenvalue weighted by molar-refractivity contribution is 5.54. The quantitative estimate of drug-likeness (QED) is 0.606. The molecule has 1 saturated carbocycles. The lowest BCUT2D eigenvalue weighted by Gasteiger charge is -2.38. The summed E-state index contributed by atoms with van der Waals surface area (Å²) in [5.41, 5.74) is 1.74. The molecule has 1 aromatic carbocycles. The second-order valence-corrected chi connectivity index (χ2v) is 5.20. The van der Waals surface area contributed by atoms with Crippen molar-refractivity contribution in [3.05, 3.63) is 23.3 Å². The topological polar surface area (TPSA) is 47.9 Å². The number of benzene rings is 1. The van der Waals surface area contributed by atoms with Crippen LogP contribution in [0.25, 0.3) is 0 Å². The van der Waals surface area contributed by atoms with Crippen molar-refractivity contribution in [1.82, 2.24) is 0 Å². The van der Waals surface area contributed by atoms with Crippen LogP contribution in [-0.4, -0.2) is 19.3 Å². The molecule has 0 unspecified atom stereocenters. The van der Waals surface area contributed by atoms with Gasteiger partial charge in [0.15, 0.2) is 11.5 Å².